The Morgan fingerprint density at radius 2 is 1.13 bits per heavy atom. The van der Waals surface area contributed by atoms with E-state index in [-0.39, 0.29) is 32.0 Å². The fourth-order valence-corrected chi connectivity index (χ4v) is 4.17. The number of benzene rings is 2. The average Bonchev–Trinajstić information content (AvgIpc) is 2.46. The van der Waals surface area contributed by atoms with Crippen LogP contribution in [0, 0.1) is 13.8 Å². The van der Waals surface area contributed by atoms with E-state index >= 15 is 0 Å². The second kappa shape index (κ2) is 5.85. The highest BCUT2D eigenvalue weighted by atomic mass is 32.2. The average molecular weight is 334 g/mol. The zero-order valence-electron chi connectivity index (χ0n) is 12.4. The van der Waals surface area contributed by atoms with Gasteiger partial charge >= 0.3 is 11.9 Å². The zero-order valence-corrected chi connectivity index (χ0v) is 13.2. The van der Waals surface area contributed by atoms with Crippen molar-refractivity contribution in [2.75, 3.05) is 0 Å². The molecule has 0 unspecified atom stereocenters. The van der Waals surface area contributed by atoms with E-state index in [1.54, 1.807) is 0 Å². The smallest absolute Gasteiger partial charge is 0.335 e. The summed E-state index contributed by atoms with van der Waals surface area (Å²) >= 11 is 0. The molecule has 0 atom stereocenters. The van der Waals surface area contributed by atoms with Crippen molar-refractivity contribution in [2.24, 2.45) is 0 Å². The monoisotopic (exact) mass is 334 g/mol. The standard InChI is InChI=1S/C16H14O6S/c1-9-11(15(17)18)5-3-7-13(9)23(21,22)14-8-4-6-12(10(14)2)16(19)20/h3-8H,1-2H3,(H,17,18)(H,19,20). The van der Waals surface area contributed by atoms with Gasteiger partial charge in [-0.05, 0) is 49.2 Å². The van der Waals surface area contributed by atoms with Crippen molar-refractivity contribution in [2.45, 2.75) is 23.6 Å². The first-order chi connectivity index (χ1) is 10.7. The van der Waals surface area contributed by atoms with Gasteiger partial charge in [0.05, 0.1) is 20.9 Å². The molecule has 120 valence electrons. The molecule has 0 aromatic heterocycles. The SMILES string of the molecule is Cc1c(C(=O)O)cccc1S(=O)(=O)c1cccc(C(=O)O)c1C. The van der Waals surface area contributed by atoms with E-state index in [0.717, 1.165) is 0 Å². The fraction of sp³-hybridized carbons (Fsp3) is 0.125. The Balaban J connectivity index is 2.75. The Bertz CT molecular complexity index is 843. The molecule has 7 heteroatoms. The molecular weight excluding hydrogens is 320 g/mol. The summed E-state index contributed by atoms with van der Waals surface area (Å²) in [5.74, 6) is -2.45. The van der Waals surface area contributed by atoms with Crippen molar-refractivity contribution in [1.29, 1.82) is 0 Å². The number of hydrogen-bond donors (Lipinski definition) is 2. The van der Waals surface area contributed by atoms with Gasteiger partial charge in [0.25, 0.3) is 0 Å². The molecule has 0 amide bonds. The van der Waals surface area contributed by atoms with Crippen LogP contribution in [0.25, 0.3) is 0 Å². The largest absolute Gasteiger partial charge is 0.478 e. The van der Waals surface area contributed by atoms with E-state index in [4.69, 9.17) is 10.2 Å². The van der Waals surface area contributed by atoms with Crippen molar-refractivity contribution in [3.05, 3.63) is 58.7 Å². The number of aromatic carboxylic acids is 2. The molecule has 0 fully saturated rings. The molecule has 0 bridgehead atoms. The third-order valence-corrected chi connectivity index (χ3v) is 5.65. The van der Waals surface area contributed by atoms with Crippen LogP contribution < -0.4 is 0 Å². The minimum atomic E-state index is -4.04. The molecule has 0 aliphatic heterocycles. The Hall–Kier alpha value is -2.67. The van der Waals surface area contributed by atoms with E-state index in [0.29, 0.717) is 0 Å². The maximum absolute atomic E-state index is 12.8. The van der Waals surface area contributed by atoms with Crippen molar-refractivity contribution in [3.63, 3.8) is 0 Å². The fourth-order valence-electron chi connectivity index (χ4n) is 2.39. The Kier molecular flexibility index (Phi) is 4.24. The molecule has 2 N–H and O–H groups in total. The molecule has 23 heavy (non-hydrogen) atoms. The topological polar surface area (TPSA) is 109 Å². The molecule has 0 aliphatic carbocycles. The van der Waals surface area contributed by atoms with E-state index in [2.05, 4.69) is 0 Å². The molecule has 0 spiro atoms. The number of carboxylic acid groups (broad SMARTS) is 2. The quantitative estimate of drug-likeness (QED) is 0.889. The highest BCUT2D eigenvalue weighted by Crippen LogP contribution is 2.29. The van der Waals surface area contributed by atoms with Gasteiger partial charge in [0.2, 0.25) is 9.84 Å². The van der Waals surface area contributed by atoms with Gasteiger partial charge in [-0.25, -0.2) is 18.0 Å². The second-order valence-corrected chi connectivity index (χ2v) is 6.86. The molecule has 0 saturated heterocycles. The van der Waals surface area contributed by atoms with Crippen LogP contribution in [0.5, 0.6) is 0 Å². The molecule has 0 radical (unpaired) electrons. The second-order valence-electron chi connectivity index (χ2n) is 4.97. The number of rotatable bonds is 4. The molecule has 0 saturated carbocycles. The summed E-state index contributed by atoms with van der Waals surface area (Å²) in [4.78, 5) is 22.1. The normalized spacial score (nSPS) is 11.2. The van der Waals surface area contributed by atoms with Gasteiger partial charge in [-0.3, -0.25) is 0 Å². The molecular formula is C16H14O6S. The maximum atomic E-state index is 12.8. The first-order valence-electron chi connectivity index (χ1n) is 6.59. The summed E-state index contributed by atoms with van der Waals surface area (Å²) in [5, 5.41) is 18.3. The van der Waals surface area contributed by atoms with E-state index in [1.165, 1.54) is 50.2 Å². The van der Waals surface area contributed by atoms with Gasteiger partial charge in [-0.1, -0.05) is 12.1 Å². The van der Waals surface area contributed by atoms with Crippen LogP contribution >= 0.6 is 0 Å². The lowest BCUT2D eigenvalue weighted by Crippen LogP contribution is -2.11. The predicted molar refractivity (Wildman–Crippen MR) is 81.7 cm³/mol. The van der Waals surface area contributed by atoms with Crippen LogP contribution in [0.15, 0.2) is 46.2 Å². The summed E-state index contributed by atoms with van der Waals surface area (Å²) < 4.78 is 25.7. The highest BCUT2D eigenvalue weighted by Gasteiger charge is 2.26. The lowest BCUT2D eigenvalue weighted by Gasteiger charge is -2.13. The summed E-state index contributed by atoms with van der Waals surface area (Å²) in [7, 11) is -4.04. The van der Waals surface area contributed by atoms with Crippen LogP contribution in [0.1, 0.15) is 31.8 Å². The lowest BCUT2D eigenvalue weighted by molar-refractivity contribution is 0.0685. The van der Waals surface area contributed by atoms with E-state index in [1.807, 2.05) is 0 Å². The Labute approximate surface area is 132 Å². The van der Waals surface area contributed by atoms with Gasteiger partial charge in [-0.15, -0.1) is 0 Å². The third kappa shape index (κ3) is 2.83. The number of sulfone groups is 1. The van der Waals surface area contributed by atoms with Gasteiger partial charge in [0, 0.05) is 0 Å². The van der Waals surface area contributed by atoms with Crippen LogP contribution in [-0.2, 0) is 9.84 Å². The van der Waals surface area contributed by atoms with E-state index in [9.17, 15) is 18.0 Å². The van der Waals surface area contributed by atoms with Crippen LogP contribution in [0.2, 0.25) is 0 Å². The number of carbonyl (C=O) groups is 2. The minimum Gasteiger partial charge on any atom is -0.478 e. The Morgan fingerprint density at radius 1 is 0.783 bits per heavy atom. The van der Waals surface area contributed by atoms with Crippen molar-refractivity contribution >= 4 is 21.8 Å². The van der Waals surface area contributed by atoms with E-state index < -0.39 is 21.8 Å². The first-order valence-corrected chi connectivity index (χ1v) is 8.07. The van der Waals surface area contributed by atoms with Crippen molar-refractivity contribution < 1.29 is 28.2 Å². The maximum Gasteiger partial charge on any atom is 0.335 e. The Morgan fingerprint density at radius 3 is 1.43 bits per heavy atom. The molecule has 0 heterocycles. The third-order valence-electron chi connectivity index (χ3n) is 3.61. The first kappa shape index (κ1) is 16.7. The molecule has 2 rings (SSSR count). The van der Waals surface area contributed by atoms with Gasteiger partial charge in [0.15, 0.2) is 0 Å². The van der Waals surface area contributed by atoms with Crippen LogP contribution in [-0.4, -0.2) is 30.6 Å². The van der Waals surface area contributed by atoms with Gasteiger partial charge in [0.1, 0.15) is 0 Å². The molecule has 2 aromatic carbocycles. The summed E-state index contributed by atoms with van der Waals surface area (Å²) in [5.41, 5.74) is -0.00325. The molecule has 0 aliphatic rings. The number of hydrogen-bond acceptors (Lipinski definition) is 4. The lowest BCUT2D eigenvalue weighted by atomic mass is 10.1. The van der Waals surface area contributed by atoms with Crippen LogP contribution in [0.4, 0.5) is 0 Å². The van der Waals surface area contributed by atoms with Crippen molar-refractivity contribution in [3.8, 4) is 0 Å². The van der Waals surface area contributed by atoms with Gasteiger partial charge < -0.3 is 10.2 Å². The summed E-state index contributed by atoms with van der Waals surface area (Å²) in [6.07, 6.45) is 0. The molecule has 6 nitrogen and oxygen atoms in total. The predicted octanol–water partition coefficient (Wildman–Crippen LogP) is 2.53. The van der Waals surface area contributed by atoms with Crippen LogP contribution in [0.3, 0.4) is 0 Å². The highest BCUT2D eigenvalue weighted by molar-refractivity contribution is 7.91. The zero-order chi connectivity index (χ0) is 17.4. The van der Waals surface area contributed by atoms with Crippen molar-refractivity contribution in [1.82, 2.24) is 0 Å². The summed E-state index contributed by atoms with van der Waals surface area (Å²) in [6, 6.07) is 7.95. The summed E-state index contributed by atoms with van der Waals surface area (Å²) in [6.45, 7) is 2.82. The number of carboxylic acids is 2. The van der Waals surface area contributed by atoms with Gasteiger partial charge in [-0.2, -0.15) is 0 Å². The minimum absolute atomic E-state index is 0.111. The molecule has 2 aromatic rings.